The van der Waals surface area contributed by atoms with E-state index >= 15 is 0 Å². The zero-order chi connectivity index (χ0) is 12.9. The Hall–Kier alpha value is -1.23. The molecule has 0 spiro atoms. The summed E-state index contributed by atoms with van der Waals surface area (Å²) in [5.74, 6) is 0.435. The van der Waals surface area contributed by atoms with Crippen LogP contribution >= 0.6 is 0 Å². The van der Waals surface area contributed by atoms with E-state index < -0.39 is 11.0 Å². The Morgan fingerprint density at radius 2 is 2.35 bits per heavy atom. The van der Waals surface area contributed by atoms with Gasteiger partial charge in [0.05, 0.1) is 10.9 Å². The Kier molecular flexibility index (Phi) is 4.81. The van der Waals surface area contributed by atoms with Crippen LogP contribution < -0.4 is 0 Å². The van der Waals surface area contributed by atoms with E-state index in [4.69, 9.17) is 4.42 Å². The standard InChI is InChI=1S/C12H18N2O2S/c1-5-6-7-10(11-13-8-9-16-11)14-17(15)12(2,3)4/h5,8-9H,1,6-7H2,2-4H3/b14-10-. The van der Waals surface area contributed by atoms with Gasteiger partial charge >= 0.3 is 0 Å². The van der Waals surface area contributed by atoms with Gasteiger partial charge in [-0.25, -0.2) is 9.19 Å². The lowest BCUT2D eigenvalue weighted by Crippen LogP contribution is -2.21. The fraction of sp³-hybridized carbons (Fsp3) is 0.500. The second-order valence-corrected chi connectivity index (χ2v) is 6.47. The number of nitrogens with zero attached hydrogens (tertiary/aromatic N) is 2. The van der Waals surface area contributed by atoms with Crippen molar-refractivity contribution >= 4 is 16.7 Å². The van der Waals surface area contributed by atoms with Gasteiger partial charge in [-0.15, -0.1) is 6.58 Å². The van der Waals surface area contributed by atoms with Gasteiger partial charge in [-0.1, -0.05) is 6.08 Å². The van der Waals surface area contributed by atoms with Crippen molar-refractivity contribution in [1.82, 2.24) is 4.98 Å². The van der Waals surface area contributed by atoms with Crippen LogP contribution in [0.3, 0.4) is 0 Å². The molecule has 1 heterocycles. The van der Waals surface area contributed by atoms with Crippen molar-refractivity contribution in [2.24, 2.45) is 4.40 Å². The topological polar surface area (TPSA) is 55.5 Å². The first-order chi connectivity index (χ1) is 7.95. The maximum Gasteiger partial charge on any atom is 0.241 e. The summed E-state index contributed by atoms with van der Waals surface area (Å²) in [5.41, 5.74) is 0.628. The molecule has 94 valence electrons. The Balaban J connectivity index is 2.94. The number of rotatable bonds is 5. The molecule has 1 aromatic rings. The summed E-state index contributed by atoms with van der Waals surface area (Å²) in [6.45, 7) is 9.31. The van der Waals surface area contributed by atoms with Gasteiger partial charge in [-0.05, 0) is 33.6 Å². The van der Waals surface area contributed by atoms with Gasteiger partial charge in [0.25, 0.3) is 0 Å². The number of oxazole rings is 1. The van der Waals surface area contributed by atoms with E-state index in [9.17, 15) is 4.21 Å². The van der Waals surface area contributed by atoms with Crippen molar-refractivity contribution in [2.75, 3.05) is 0 Å². The minimum absolute atomic E-state index is 0.383. The van der Waals surface area contributed by atoms with E-state index in [-0.39, 0.29) is 4.75 Å². The molecule has 1 rings (SSSR count). The highest BCUT2D eigenvalue weighted by Crippen LogP contribution is 2.15. The fourth-order valence-corrected chi connectivity index (χ4v) is 1.68. The largest absolute Gasteiger partial charge is 0.444 e. The molecule has 1 aromatic heterocycles. The van der Waals surface area contributed by atoms with Gasteiger partial charge in [0.1, 0.15) is 23.0 Å². The summed E-state index contributed by atoms with van der Waals surface area (Å²) in [5, 5.41) is 0. The molecule has 0 fully saturated rings. The third-order valence-electron chi connectivity index (χ3n) is 1.98. The summed E-state index contributed by atoms with van der Waals surface area (Å²) in [7, 11) is -1.30. The van der Waals surface area contributed by atoms with Crippen molar-refractivity contribution in [3.63, 3.8) is 0 Å². The molecule has 1 atom stereocenters. The van der Waals surface area contributed by atoms with E-state index in [1.165, 1.54) is 6.26 Å². The van der Waals surface area contributed by atoms with Gasteiger partial charge in [0, 0.05) is 0 Å². The molecule has 0 saturated carbocycles. The first-order valence-corrected chi connectivity index (χ1v) is 6.56. The first kappa shape index (κ1) is 13.8. The molecule has 0 aromatic carbocycles. The summed E-state index contributed by atoms with van der Waals surface area (Å²) in [6, 6.07) is 0. The predicted octanol–water partition coefficient (Wildman–Crippen LogP) is 2.89. The van der Waals surface area contributed by atoms with Crippen LogP contribution in [0.25, 0.3) is 0 Å². The quantitative estimate of drug-likeness (QED) is 0.599. The fourth-order valence-electron chi connectivity index (χ4n) is 1.03. The Bertz CT molecular complexity index is 416. The van der Waals surface area contributed by atoms with Gasteiger partial charge < -0.3 is 4.42 Å². The minimum atomic E-state index is -1.30. The highest BCUT2D eigenvalue weighted by Gasteiger charge is 2.21. The van der Waals surface area contributed by atoms with Gasteiger partial charge in [0.15, 0.2) is 0 Å². The van der Waals surface area contributed by atoms with E-state index in [1.54, 1.807) is 12.3 Å². The number of aromatic nitrogens is 1. The Morgan fingerprint density at radius 3 is 2.82 bits per heavy atom. The lowest BCUT2D eigenvalue weighted by Gasteiger charge is -2.14. The van der Waals surface area contributed by atoms with Crippen LogP contribution in [0, 0.1) is 0 Å². The van der Waals surface area contributed by atoms with Crippen LogP contribution in [0.4, 0.5) is 0 Å². The van der Waals surface area contributed by atoms with Crippen LogP contribution in [-0.2, 0) is 11.0 Å². The third-order valence-corrected chi connectivity index (χ3v) is 3.42. The van der Waals surface area contributed by atoms with E-state index in [0.29, 0.717) is 18.0 Å². The number of hydrogen-bond donors (Lipinski definition) is 0. The van der Waals surface area contributed by atoms with Gasteiger partial charge in [-0.2, -0.15) is 4.40 Å². The molecule has 0 saturated heterocycles. The van der Waals surface area contributed by atoms with Crippen LogP contribution in [0.15, 0.2) is 33.9 Å². The second kappa shape index (κ2) is 5.91. The van der Waals surface area contributed by atoms with Crippen LogP contribution in [-0.4, -0.2) is 19.7 Å². The molecular weight excluding hydrogens is 236 g/mol. The third kappa shape index (κ3) is 4.26. The molecule has 0 aliphatic carbocycles. The van der Waals surface area contributed by atoms with Crippen LogP contribution in [0.5, 0.6) is 0 Å². The maximum absolute atomic E-state index is 12.0. The summed E-state index contributed by atoms with van der Waals surface area (Å²) >= 11 is 0. The molecule has 4 nitrogen and oxygen atoms in total. The normalized spacial score (nSPS) is 14.6. The van der Waals surface area contributed by atoms with Gasteiger partial charge in [0.2, 0.25) is 5.89 Å². The predicted molar refractivity (Wildman–Crippen MR) is 70.4 cm³/mol. The van der Waals surface area contributed by atoms with Crippen LogP contribution in [0.1, 0.15) is 39.5 Å². The smallest absolute Gasteiger partial charge is 0.241 e. The van der Waals surface area contributed by atoms with Crippen molar-refractivity contribution < 1.29 is 8.63 Å². The molecule has 0 N–H and O–H groups in total. The minimum Gasteiger partial charge on any atom is -0.444 e. The summed E-state index contributed by atoms with van der Waals surface area (Å²) in [4.78, 5) is 4.04. The molecule has 0 aliphatic heterocycles. The second-order valence-electron chi connectivity index (χ2n) is 4.56. The van der Waals surface area contributed by atoms with Crippen molar-refractivity contribution in [3.8, 4) is 0 Å². The molecule has 0 bridgehead atoms. The summed E-state index contributed by atoms with van der Waals surface area (Å²) in [6.07, 6.45) is 6.21. The summed E-state index contributed by atoms with van der Waals surface area (Å²) < 4.78 is 21.0. The highest BCUT2D eigenvalue weighted by molar-refractivity contribution is 7.85. The molecule has 0 radical (unpaired) electrons. The lowest BCUT2D eigenvalue weighted by molar-refractivity contribution is 0.545. The van der Waals surface area contributed by atoms with Crippen molar-refractivity contribution in [2.45, 2.75) is 38.4 Å². The van der Waals surface area contributed by atoms with Gasteiger partial charge in [-0.3, -0.25) is 0 Å². The Labute approximate surface area is 104 Å². The lowest BCUT2D eigenvalue weighted by atomic mass is 10.2. The molecule has 17 heavy (non-hydrogen) atoms. The first-order valence-electron chi connectivity index (χ1n) is 5.45. The number of hydrogen-bond acceptors (Lipinski definition) is 3. The van der Waals surface area contributed by atoms with Crippen LogP contribution in [0.2, 0.25) is 0 Å². The van der Waals surface area contributed by atoms with E-state index in [2.05, 4.69) is 16.0 Å². The number of allylic oxidation sites excluding steroid dienone is 1. The molecule has 1 unspecified atom stereocenters. The molecule has 0 amide bonds. The molecule has 0 aliphatic rings. The zero-order valence-corrected chi connectivity index (χ0v) is 11.3. The monoisotopic (exact) mass is 254 g/mol. The van der Waals surface area contributed by atoms with E-state index in [1.807, 2.05) is 20.8 Å². The average Bonchev–Trinajstić information content (AvgIpc) is 2.75. The van der Waals surface area contributed by atoms with Crippen molar-refractivity contribution in [1.29, 1.82) is 0 Å². The zero-order valence-electron chi connectivity index (χ0n) is 10.5. The molecular formula is C12H18N2O2S. The SMILES string of the molecule is C=CCC/C(=N/S(=O)C(C)(C)C)c1ncco1. The molecule has 5 heteroatoms. The average molecular weight is 254 g/mol. The van der Waals surface area contributed by atoms with Crippen molar-refractivity contribution in [3.05, 3.63) is 31.0 Å². The maximum atomic E-state index is 12.0. The highest BCUT2D eigenvalue weighted by atomic mass is 32.2. The Morgan fingerprint density at radius 1 is 1.65 bits per heavy atom. The van der Waals surface area contributed by atoms with E-state index in [0.717, 1.165) is 6.42 Å².